The molecule has 2 nitrogen and oxygen atoms in total. The highest BCUT2D eigenvalue weighted by atomic mass is 32.2. The van der Waals surface area contributed by atoms with Crippen LogP contribution in [0.15, 0.2) is 24.3 Å². The fourth-order valence-corrected chi connectivity index (χ4v) is 13.7. The van der Waals surface area contributed by atoms with Crippen molar-refractivity contribution in [2.45, 2.75) is 253 Å². The van der Waals surface area contributed by atoms with Crippen molar-refractivity contribution >= 4 is 47.0 Å². The number of benzene rings is 2. The lowest BCUT2D eigenvalue weighted by atomic mass is 9.88. The Balaban J connectivity index is 3.13. The maximum atomic E-state index is 15.0. The van der Waals surface area contributed by atoms with Crippen molar-refractivity contribution in [3.05, 3.63) is 57.6 Å². The molecule has 74 heteroatoms. The van der Waals surface area contributed by atoms with Crippen molar-refractivity contribution < 1.29 is 308 Å². The third-order valence-electron chi connectivity index (χ3n) is 17.6. The molecule has 0 N–H and O–H groups in total. The summed E-state index contributed by atoms with van der Waals surface area (Å²) in [5, 5.41) is 0. The summed E-state index contributed by atoms with van der Waals surface area (Å²) in [5.74, 6) is -264. The van der Waals surface area contributed by atoms with Crippen LogP contribution < -0.4 is 9.47 Å². The first-order valence-electron chi connectivity index (χ1n) is 32.3. The second-order valence-electron chi connectivity index (χ2n) is 27.0. The summed E-state index contributed by atoms with van der Waals surface area (Å²) < 4.78 is 964. The van der Waals surface area contributed by atoms with Gasteiger partial charge >= 0.3 is 191 Å². The van der Waals surface area contributed by atoms with Crippen LogP contribution >= 0.6 is 47.0 Å². The molecule has 2 aromatic rings. The van der Waals surface area contributed by atoms with E-state index in [9.17, 15) is 263 Å². The second kappa shape index (κ2) is 36.6. The SMILES string of the molecule is Cc1cc(CSCCC(F)(F)C(F)(F)C(F)(F)C(F)(F)C(F)(F)C(F)(F)C(F)(F)C(F)(F)F)c(OCOc2c(CSCCC(F)(F)C(F)(F)C(F)(F)C(F)(F)C(F)(F)C(F)(F)C(F)(F)C(F)(F)F)cc(C)cc2CSCCC(F)(F)C(F)(F)C(F)(F)C(F)(F)C(F)(F)C(F)(F)C(F)(F)C(F)(F)F)c(CSCCC(F)(F)C(F)(F)C(F)(F)C(F)(F)C(F)(F)C(F)(F)C(F)(F)C(F)(F)F)c1. The Bertz CT molecular complexity index is 3750. The molecule has 0 bridgehead atoms. The third-order valence-corrected chi connectivity index (χ3v) is 21.6. The Kier molecular flexibility index (Phi) is 34.1. The summed E-state index contributed by atoms with van der Waals surface area (Å²) in [6.45, 7) is -1.09. The van der Waals surface area contributed by atoms with Crippen LogP contribution in [0.5, 0.6) is 11.5 Å². The second-order valence-corrected chi connectivity index (χ2v) is 31.5. The maximum absolute atomic E-state index is 15.0. The van der Waals surface area contributed by atoms with Crippen molar-refractivity contribution in [3.63, 3.8) is 0 Å². The van der Waals surface area contributed by atoms with E-state index < -0.39 is 361 Å². The molecule has 0 aromatic heterocycles. The van der Waals surface area contributed by atoms with Gasteiger partial charge in [0.25, 0.3) is 0 Å². The fourth-order valence-electron chi connectivity index (χ4n) is 9.75. The average Bonchev–Trinajstić information content (AvgIpc) is 0.706. The van der Waals surface area contributed by atoms with E-state index in [0.29, 0.717) is 38.1 Å². The normalized spacial score (nSPS) is 16.1. The number of rotatable bonds is 48. The molecule has 0 aliphatic rings. The first-order valence-corrected chi connectivity index (χ1v) is 36.9. The molecule has 0 aliphatic heterocycles. The van der Waals surface area contributed by atoms with Crippen LogP contribution in [0.2, 0.25) is 0 Å². The van der Waals surface area contributed by atoms with Crippen molar-refractivity contribution in [3.8, 4) is 11.5 Å². The van der Waals surface area contributed by atoms with E-state index in [1.54, 1.807) is 0 Å². The molecule has 0 radical (unpaired) electrons. The van der Waals surface area contributed by atoms with E-state index in [2.05, 4.69) is 0 Å². The van der Waals surface area contributed by atoms with Gasteiger partial charge in [-0.25, -0.2) is 0 Å². The lowest BCUT2D eigenvalue weighted by Crippen LogP contribution is -2.74. The van der Waals surface area contributed by atoms with Gasteiger partial charge < -0.3 is 9.47 Å². The zero-order valence-electron chi connectivity index (χ0n) is 61.7. The van der Waals surface area contributed by atoms with Crippen molar-refractivity contribution in [1.29, 1.82) is 0 Å². The summed E-state index contributed by atoms with van der Waals surface area (Å²) in [5.41, 5.74) is -6.45. The van der Waals surface area contributed by atoms with E-state index >= 15 is 35.1 Å². The highest BCUT2D eigenvalue weighted by Crippen LogP contribution is 2.71. The summed E-state index contributed by atoms with van der Waals surface area (Å²) >= 11 is -3.05. The van der Waals surface area contributed by atoms with Crippen LogP contribution in [0.4, 0.5) is 299 Å². The van der Waals surface area contributed by atoms with Gasteiger partial charge in [-0.3, -0.25) is 0 Å². The number of alkyl halides is 68. The summed E-state index contributed by atoms with van der Waals surface area (Å²) in [7, 11) is 0. The maximum Gasteiger partial charge on any atom is 0.460 e. The van der Waals surface area contributed by atoms with E-state index in [4.69, 9.17) is 9.47 Å². The minimum atomic E-state index is -9.26. The molecule has 2 rings (SSSR count). The summed E-state index contributed by atoms with van der Waals surface area (Å²) in [6, 6.07) is 1.28. The molecule has 0 saturated carbocycles. The van der Waals surface area contributed by atoms with Crippen LogP contribution in [0.1, 0.15) is 59.1 Å². The third kappa shape index (κ3) is 19.6. The number of hydrogen-bond donors (Lipinski definition) is 0. The molecule has 0 unspecified atom stereocenters. The molecule has 0 spiro atoms. The van der Waals surface area contributed by atoms with Gasteiger partial charge in [-0.1, -0.05) is 35.4 Å². The van der Waals surface area contributed by atoms with Gasteiger partial charge in [0.05, 0.1) is 0 Å². The summed E-state index contributed by atoms with van der Waals surface area (Å²) in [4.78, 5) is 0. The zero-order chi connectivity index (χ0) is 107. The van der Waals surface area contributed by atoms with Gasteiger partial charge in [-0.05, 0) is 36.9 Å². The van der Waals surface area contributed by atoms with Gasteiger partial charge in [-0.15, -0.1) is 0 Å². The van der Waals surface area contributed by atoms with Gasteiger partial charge in [0, 0.05) is 70.9 Å². The minimum absolute atomic E-state index is 0.320. The van der Waals surface area contributed by atoms with Gasteiger partial charge in [0.1, 0.15) is 11.5 Å². The molecule has 0 saturated heterocycles. The molecule has 0 heterocycles. The zero-order valence-corrected chi connectivity index (χ0v) is 64.9. The van der Waals surface area contributed by atoms with E-state index in [0.717, 1.165) is 0 Å². The lowest BCUT2D eigenvalue weighted by molar-refractivity contribution is -0.461. The molecule has 0 aliphatic carbocycles. The minimum Gasteiger partial charge on any atom is -0.457 e. The average molecular weight is 2200 g/mol. The Morgan fingerprint density at radius 2 is 0.286 bits per heavy atom. The quantitative estimate of drug-likeness (QED) is 0.0371. The van der Waals surface area contributed by atoms with Gasteiger partial charge in [0.2, 0.25) is 6.79 Å². The van der Waals surface area contributed by atoms with Crippen LogP contribution in [-0.4, -0.2) is 220 Å². The smallest absolute Gasteiger partial charge is 0.457 e. The first kappa shape index (κ1) is 124. The first-order chi connectivity index (χ1) is 57.6. The van der Waals surface area contributed by atoms with E-state index in [1.807, 2.05) is 0 Å². The Morgan fingerprint density at radius 3 is 0.406 bits per heavy atom. The Labute approximate surface area is 706 Å². The molecular formula is C59H36F68O2S4. The van der Waals surface area contributed by atoms with Crippen molar-refractivity contribution in [2.24, 2.45) is 0 Å². The summed E-state index contributed by atoms with van der Waals surface area (Å²) in [6.07, 6.45) is -46.8. The van der Waals surface area contributed by atoms with Crippen molar-refractivity contribution in [2.75, 3.05) is 29.8 Å². The molecule has 0 atom stereocenters. The van der Waals surface area contributed by atoms with Crippen LogP contribution in [0.25, 0.3) is 0 Å². The standard InChI is InChI=1S/C59H36F68O2S4/c1-20-11-22(15-130-7-3-28(60,61)32(68,69)36(76,77)40(84,85)44(92,93)48(100,101)52(108,109)56(116,117)118)26(23(12-20)16-131-8-4-29(62,63)33(70,71)37(78,79)41(86,87)45(94,95)49(102,103)53(110,111)57(119,120)121)128-19-129-27-24(17-132-9-5-30(64,65)34(72,73)38(80,81)42(88,89)46(96,97)50(104,105)54(112,113)58(122,123)124)13-21(2)14-25(27)18-133-10-6-31(66,67)35(74,75)39(82,83)43(90,91)47(98,99)51(106,107)55(114,115)59(125,126)127/h11-14H,3-10,15-19H2,1-2H3. The van der Waals surface area contributed by atoms with Crippen LogP contribution in [-0.2, 0) is 23.0 Å². The Morgan fingerprint density at radius 1 is 0.173 bits per heavy atom. The number of hydrogen-bond acceptors (Lipinski definition) is 6. The topological polar surface area (TPSA) is 18.5 Å². The number of halogens is 68. The molecule has 784 valence electrons. The van der Waals surface area contributed by atoms with Gasteiger partial charge in [-0.2, -0.15) is 346 Å². The van der Waals surface area contributed by atoms with Crippen molar-refractivity contribution in [1.82, 2.24) is 0 Å². The monoisotopic (exact) mass is 2200 g/mol. The molecule has 133 heavy (non-hydrogen) atoms. The lowest BCUT2D eigenvalue weighted by Gasteiger charge is -2.42. The van der Waals surface area contributed by atoms with E-state index in [-0.39, 0.29) is 0 Å². The number of ether oxygens (including phenoxy) is 2. The van der Waals surface area contributed by atoms with E-state index in [1.165, 1.54) is 0 Å². The predicted octanol–water partition coefficient (Wildman–Crippen LogP) is 30.2. The molecular weight excluding hydrogens is 2160 g/mol. The predicted molar refractivity (Wildman–Crippen MR) is 314 cm³/mol. The highest BCUT2D eigenvalue weighted by molar-refractivity contribution is 7.99. The van der Waals surface area contributed by atoms with Crippen LogP contribution in [0, 0.1) is 13.8 Å². The van der Waals surface area contributed by atoms with Crippen LogP contribution in [0.3, 0.4) is 0 Å². The Hall–Kier alpha value is -5.32. The molecule has 2 aromatic carbocycles. The van der Waals surface area contributed by atoms with Gasteiger partial charge in [0.15, 0.2) is 0 Å². The number of aryl methyl sites for hydroxylation is 2. The number of thioether (sulfide) groups is 4. The molecule has 0 amide bonds. The largest absolute Gasteiger partial charge is 0.460 e. The highest BCUT2D eigenvalue weighted by Gasteiger charge is 3.00. The fraction of sp³-hybridized carbons (Fsp3) is 0.797. The molecule has 0 fully saturated rings.